The average Bonchev–Trinajstić information content (AvgIpc) is 2.45. The monoisotopic (exact) mass is 294 g/mol. The standard InChI is InChI=1S/C13H18N4O2S/c1-3-4-9-14-13(20)16-15-10(2)11-5-7-12(8-6-11)17(18)19/h5-8H,3-4,9H2,1-2H3,(H2,14,16,20)/b15-10+. The topological polar surface area (TPSA) is 79.6 Å². The highest BCUT2D eigenvalue weighted by atomic mass is 32.1. The first kappa shape index (κ1) is 16.0. The van der Waals surface area contributed by atoms with Crippen molar-refractivity contribution in [3.05, 3.63) is 39.9 Å². The average molecular weight is 294 g/mol. The molecule has 0 spiro atoms. The normalized spacial score (nSPS) is 11.0. The van der Waals surface area contributed by atoms with Crippen molar-refractivity contribution in [1.29, 1.82) is 0 Å². The Morgan fingerprint density at radius 2 is 2.05 bits per heavy atom. The second-order valence-electron chi connectivity index (χ2n) is 4.22. The first-order valence-corrected chi connectivity index (χ1v) is 6.78. The molecule has 0 aliphatic rings. The SMILES string of the molecule is CCCCNC(=S)N/N=C(\C)c1ccc([N+](=O)[O-])cc1. The van der Waals surface area contributed by atoms with Crippen LogP contribution < -0.4 is 10.7 Å². The molecule has 0 aromatic heterocycles. The van der Waals surface area contributed by atoms with Crippen LogP contribution in [0.1, 0.15) is 32.3 Å². The molecule has 0 fully saturated rings. The van der Waals surface area contributed by atoms with E-state index in [1.807, 2.05) is 6.92 Å². The number of rotatable bonds is 6. The fraction of sp³-hybridized carbons (Fsp3) is 0.385. The number of nitro groups is 1. The van der Waals surface area contributed by atoms with Crippen molar-refractivity contribution in [1.82, 2.24) is 10.7 Å². The van der Waals surface area contributed by atoms with Gasteiger partial charge in [0.05, 0.1) is 10.6 Å². The van der Waals surface area contributed by atoms with E-state index in [1.54, 1.807) is 12.1 Å². The van der Waals surface area contributed by atoms with Crippen molar-refractivity contribution in [2.45, 2.75) is 26.7 Å². The molecule has 0 atom stereocenters. The lowest BCUT2D eigenvalue weighted by Gasteiger charge is -2.07. The number of nitrogens with zero attached hydrogens (tertiary/aromatic N) is 2. The molecule has 0 bridgehead atoms. The Bertz CT molecular complexity index is 500. The van der Waals surface area contributed by atoms with Crippen molar-refractivity contribution in [2.75, 3.05) is 6.54 Å². The molecule has 6 nitrogen and oxygen atoms in total. The minimum atomic E-state index is -0.429. The van der Waals surface area contributed by atoms with Crippen molar-refractivity contribution in [3.8, 4) is 0 Å². The summed E-state index contributed by atoms with van der Waals surface area (Å²) in [5.41, 5.74) is 4.33. The minimum absolute atomic E-state index is 0.0614. The summed E-state index contributed by atoms with van der Waals surface area (Å²) in [7, 11) is 0. The summed E-state index contributed by atoms with van der Waals surface area (Å²) in [6, 6.07) is 6.22. The zero-order valence-corrected chi connectivity index (χ0v) is 12.4. The summed E-state index contributed by atoms with van der Waals surface area (Å²) < 4.78 is 0. The molecule has 1 aromatic carbocycles. The molecule has 1 aromatic rings. The first-order chi connectivity index (χ1) is 9.54. The van der Waals surface area contributed by atoms with Gasteiger partial charge in [-0.25, -0.2) is 0 Å². The van der Waals surface area contributed by atoms with Crippen LogP contribution in [0.25, 0.3) is 0 Å². The zero-order valence-electron chi connectivity index (χ0n) is 11.5. The number of hydrogen-bond acceptors (Lipinski definition) is 4. The number of hydrazone groups is 1. The van der Waals surface area contributed by atoms with E-state index in [0.29, 0.717) is 10.8 Å². The van der Waals surface area contributed by atoms with E-state index in [9.17, 15) is 10.1 Å². The van der Waals surface area contributed by atoms with Crippen LogP contribution in [0.5, 0.6) is 0 Å². The van der Waals surface area contributed by atoms with Gasteiger partial charge in [-0.2, -0.15) is 5.10 Å². The second kappa shape index (κ2) is 8.21. The van der Waals surface area contributed by atoms with Crippen LogP contribution in [0.15, 0.2) is 29.4 Å². The van der Waals surface area contributed by atoms with Gasteiger partial charge in [-0.05, 0) is 43.3 Å². The lowest BCUT2D eigenvalue weighted by Crippen LogP contribution is -2.33. The van der Waals surface area contributed by atoms with Crippen LogP contribution in [-0.2, 0) is 0 Å². The molecule has 0 saturated heterocycles. The largest absolute Gasteiger partial charge is 0.361 e. The van der Waals surface area contributed by atoms with Gasteiger partial charge in [-0.1, -0.05) is 13.3 Å². The zero-order chi connectivity index (χ0) is 15.0. The van der Waals surface area contributed by atoms with Gasteiger partial charge in [0.2, 0.25) is 0 Å². The van der Waals surface area contributed by atoms with Crippen molar-refractivity contribution >= 4 is 28.7 Å². The summed E-state index contributed by atoms with van der Waals surface area (Å²) in [6.07, 6.45) is 2.15. The molecular weight excluding hydrogens is 276 g/mol. The maximum Gasteiger partial charge on any atom is 0.269 e. The van der Waals surface area contributed by atoms with Crippen LogP contribution >= 0.6 is 12.2 Å². The van der Waals surface area contributed by atoms with Gasteiger partial charge in [0.1, 0.15) is 0 Å². The van der Waals surface area contributed by atoms with Gasteiger partial charge in [0, 0.05) is 18.7 Å². The molecule has 108 valence electrons. The fourth-order valence-electron chi connectivity index (χ4n) is 1.44. The highest BCUT2D eigenvalue weighted by Crippen LogP contribution is 2.12. The van der Waals surface area contributed by atoms with Gasteiger partial charge < -0.3 is 5.32 Å². The van der Waals surface area contributed by atoms with E-state index in [4.69, 9.17) is 12.2 Å². The smallest absolute Gasteiger partial charge is 0.269 e. The molecule has 1 rings (SSSR count). The predicted octanol–water partition coefficient (Wildman–Crippen LogP) is 2.58. The molecule has 0 amide bonds. The Morgan fingerprint density at radius 3 is 2.60 bits per heavy atom. The molecule has 0 radical (unpaired) electrons. The Hall–Kier alpha value is -2.02. The third-order valence-electron chi connectivity index (χ3n) is 2.64. The summed E-state index contributed by atoms with van der Waals surface area (Å²) in [6.45, 7) is 4.73. The van der Waals surface area contributed by atoms with E-state index in [1.165, 1.54) is 12.1 Å². The third kappa shape index (κ3) is 5.31. The number of non-ortho nitro benzene ring substituents is 1. The van der Waals surface area contributed by atoms with E-state index < -0.39 is 4.92 Å². The van der Waals surface area contributed by atoms with Crippen LogP contribution in [0, 0.1) is 10.1 Å². The Labute approximate surface area is 123 Å². The molecule has 0 saturated carbocycles. The van der Waals surface area contributed by atoms with Crippen LogP contribution in [-0.4, -0.2) is 22.3 Å². The van der Waals surface area contributed by atoms with Crippen molar-refractivity contribution in [2.24, 2.45) is 5.10 Å². The lowest BCUT2D eigenvalue weighted by molar-refractivity contribution is -0.384. The Kier molecular flexibility index (Phi) is 6.58. The highest BCUT2D eigenvalue weighted by molar-refractivity contribution is 7.80. The molecule has 7 heteroatoms. The van der Waals surface area contributed by atoms with E-state index >= 15 is 0 Å². The molecular formula is C13H18N4O2S. The second-order valence-corrected chi connectivity index (χ2v) is 4.63. The van der Waals surface area contributed by atoms with Crippen LogP contribution in [0.4, 0.5) is 5.69 Å². The summed E-state index contributed by atoms with van der Waals surface area (Å²) in [5, 5.41) is 18.2. The predicted molar refractivity (Wildman–Crippen MR) is 84.0 cm³/mol. The van der Waals surface area contributed by atoms with Gasteiger partial charge in [0.15, 0.2) is 5.11 Å². The molecule has 0 heterocycles. The van der Waals surface area contributed by atoms with E-state index in [2.05, 4.69) is 22.8 Å². The van der Waals surface area contributed by atoms with Gasteiger partial charge in [-0.3, -0.25) is 15.5 Å². The quantitative estimate of drug-likeness (QED) is 0.277. The van der Waals surface area contributed by atoms with Crippen LogP contribution in [0.2, 0.25) is 0 Å². The summed E-state index contributed by atoms with van der Waals surface area (Å²) >= 11 is 5.07. The van der Waals surface area contributed by atoms with E-state index in [-0.39, 0.29) is 5.69 Å². The van der Waals surface area contributed by atoms with Gasteiger partial charge in [-0.15, -0.1) is 0 Å². The van der Waals surface area contributed by atoms with E-state index in [0.717, 1.165) is 24.9 Å². The molecule has 2 N–H and O–H groups in total. The fourth-order valence-corrected chi connectivity index (χ4v) is 1.59. The first-order valence-electron chi connectivity index (χ1n) is 6.37. The number of unbranched alkanes of at least 4 members (excludes halogenated alkanes) is 1. The number of nitrogens with one attached hydrogen (secondary N) is 2. The number of nitro benzene ring substituents is 1. The summed E-state index contributed by atoms with van der Waals surface area (Å²) in [4.78, 5) is 10.1. The number of hydrogen-bond donors (Lipinski definition) is 2. The molecule has 0 unspecified atom stereocenters. The lowest BCUT2D eigenvalue weighted by atomic mass is 10.1. The van der Waals surface area contributed by atoms with Gasteiger partial charge >= 0.3 is 0 Å². The number of benzene rings is 1. The molecule has 0 aliphatic carbocycles. The highest BCUT2D eigenvalue weighted by Gasteiger charge is 2.05. The van der Waals surface area contributed by atoms with Crippen molar-refractivity contribution in [3.63, 3.8) is 0 Å². The van der Waals surface area contributed by atoms with Gasteiger partial charge in [0.25, 0.3) is 5.69 Å². The Morgan fingerprint density at radius 1 is 1.40 bits per heavy atom. The third-order valence-corrected chi connectivity index (χ3v) is 2.87. The minimum Gasteiger partial charge on any atom is -0.361 e. The molecule has 20 heavy (non-hydrogen) atoms. The summed E-state index contributed by atoms with van der Waals surface area (Å²) in [5.74, 6) is 0. The Balaban J connectivity index is 2.55. The maximum atomic E-state index is 10.6. The van der Waals surface area contributed by atoms with Crippen LogP contribution in [0.3, 0.4) is 0 Å². The number of thiocarbonyl (C=S) groups is 1. The maximum absolute atomic E-state index is 10.6. The molecule has 0 aliphatic heterocycles. The van der Waals surface area contributed by atoms with Crippen molar-refractivity contribution < 1.29 is 4.92 Å².